The molecule has 198 valence electrons. The Morgan fingerprint density at radius 2 is 1.00 bits per heavy atom. The average Bonchev–Trinajstić information content (AvgIpc) is 3.42. The van der Waals surface area contributed by atoms with Gasteiger partial charge in [0, 0.05) is 33.2 Å². The zero-order chi connectivity index (χ0) is 27.9. The van der Waals surface area contributed by atoms with Gasteiger partial charge in [-0.05, 0) is 71.1 Å². The van der Waals surface area contributed by atoms with Gasteiger partial charge in [0.15, 0.2) is 0 Å². The Morgan fingerprint density at radius 1 is 0.429 bits per heavy atom. The predicted molar refractivity (Wildman–Crippen MR) is 178 cm³/mol. The number of benzene rings is 7. The number of aromatic nitrogens is 1. The van der Waals surface area contributed by atoms with Crippen LogP contribution in [0.1, 0.15) is 0 Å². The molecule has 0 N–H and O–H groups in total. The van der Waals surface area contributed by atoms with E-state index in [0.717, 1.165) is 22.7 Å². The van der Waals surface area contributed by atoms with Crippen LogP contribution in [0.3, 0.4) is 0 Å². The first-order chi connectivity index (χ1) is 20.9. The zero-order valence-corrected chi connectivity index (χ0v) is 23.1. The van der Waals surface area contributed by atoms with Crippen molar-refractivity contribution in [2.75, 3.05) is 4.90 Å². The van der Waals surface area contributed by atoms with Gasteiger partial charge in [0.2, 0.25) is 0 Å². The van der Waals surface area contributed by atoms with E-state index in [1.807, 2.05) is 0 Å². The third-order valence-electron chi connectivity index (χ3n) is 8.12. The number of hydrogen-bond donors (Lipinski definition) is 0. The fourth-order valence-electron chi connectivity index (χ4n) is 6.28. The second-order valence-electron chi connectivity index (χ2n) is 10.6. The van der Waals surface area contributed by atoms with Gasteiger partial charge in [-0.1, -0.05) is 115 Å². The van der Waals surface area contributed by atoms with Crippen molar-refractivity contribution in [1.82, 2.24) is 4.57 Å². The van der Waals surface area contributed by atoms with Crippen LogP contribution in [-0.4, -0.2) is 4.57 Å². The van der Waals surface area contributed by atoms with Gasteiger partial charge < -0.3 is 9.47 Å². The summed E-state index contributed by atoms with van der Waals surface area (Å²) in [6.07, 6.45) is 0. The van der Waals surface area contributed by atoms with E-state index < -0.39 is 0 Å². The molecule has 0 bridgehead atoms. The smallest absolute Gasteiger partial charge is 0.0640 e. The van der Waals surface area contributed by atoms with Gasteiger partial charge in [0.25, 0.3) is 0 Å². The predicted octanol–water partition coefficient (Wildman–Crippen LogP) is 11.1. The zero-order valence-electron chi connectivity index (χ0n) is 23.1. The van der Waals surface area contributed by atoms with E-state index in [2.05, 4.69) is 179 Å². The SMILES string of the molecule is c1ccc(-c2ccc3c(c2)c2c(N(c4ccccc4)c4ccccc4)cc4ccccc4c2n3-c2ccccc2)cc1. The van der Waals surface area contributed by atoms with Crippen molar-refractivity contribution < 1.29 is 0 Å². The molecule has 1 aromatic heterocycles. The van der Waals surface area contributed by atoms with E-state index in [9.17, 15) is 0 Å². The quantitative estimate of drug-likeness (QED) is 0.212. The molecule has 1 heterocycles. The number of nitrogens with zero attached hydrogens (tertiary/aromatic N) is 2. The van der Waals surface area contributed by atoms with Crippen LogP contribution in [0.25, 0.3) is 49.4 Å². The van der Waals surface area contributed by atoms with Crippen LogP contribution < -0.4 is 4.90 Å². The van der Waals surface area contributed by atoms with Crippen molar-refractivity contribution in [2.24, 2.45) is 0 Å². The number of rotatable bonds is 5. The molecule has 0 aliphatic rings. The third kappa shape index (κ3) is 3.96. The van der Waals surface area contributed by atoms with Crippen LogP contribution in [0.2, 0.25) is 0 Å². The maximum Gasteiger partial charge on any atom is 0.0640 e. The van der Waals surface area contributed by atoms with Crippen LogP contribution in [-0.2, 0) is 0 Å². The molecule has 0 saturated carbocycles. The summed E-state index contributed by atoms with van der Waals surface area (Å²) in [4.78, 5) is 2.40. The lowest BCUT2D eigenvalue weighted by Gasteiger charge is -2.27. The summed E-state index contributed by atoms with van der Waals surface area (Å²) < 4.78 is 2.44. The minimum atomic E-state index is 1.13. The molecule has 0 fully saturated rings. The summed E-state index contributed by atoms with van der Waals surface area (Å²) in [5, 5.41) is 4.91. The molecule has 8 aromatic rings. The molecule has 2 heteroatoms. The van der Waals surface area contributed by atoms with Crippen molar-refractivity contribution in [3.63, 3.8) is 0 Å². The molecule has 8 rings (SSSR count). The first-order valence-corrected chi connectivity index (χ1v) is 14.4. The Balaban J connectivity index is 1.58. The molecule has 7 aromatic carbocycles. The second-order valence-corrected chi connectivity index (χ2v) is 10.6. The van der Waals surface area contributed by atoms with Crippen molar-refractivity contribution in [1.29, 1.82) is 0 Å². The van der Waals surface area contributed by atoms with Crippen LogP contribution in [0, 0.1) is 0 Å². The molecule has 0 amide bonds. The lowest BCUT2D eigenvalue weighted by Crippen LogP contribution is -2.10. The van der Waals surface area contributed by atoms with E-state index in [1.165, 1.54) is 43.7 Å². The summed E-state index contributed by atoms with van der Waals surface area (Å²) in [6.45, 7) is 0. The number of fused-ring (bicyclic) bond motifs is 5. The van der Waals surface area contributed by atoms with Gasteiger partial charge in [-0.25, -0.2) is 0 Å². The third-order valence-corrected chi connectivity index (χ3v) is 8.12. The first kappa shape index (κ1) is 24.2. The van der Waals surface area contributed by atoms with Crippen LogP contribution >= 0.6 is 0 Å². The maximum absolute atomic E-state index is 2.44. The lowest BCUT2D eigenvalue weighted by molar-refractivity contribution is 1.19. The largest absolute Gasteiger partial charge is 0.310 e. The highest BCUT2D eigenvalue weighted by Gasteiger charge is 2.23. The highest BCUT2D eigenvalue weighted by atomic mass is 15.1. The second kappa shape index (κ2) is 10.1. The van der Waals surface area contributed by atoms with Crippen molar-refractivity contribution in [3.8, 4) is 16.8 Å². The molecule has 0 aliphatic heterocycles. The molecule has 0 radical (unpaired) electrons. The van der Waals surface area contributed by atoms with E-state index in [4.69, 9.17) is 0 Å². The number of hydrogen-bond acceptors (Lipinski definition) is 1. The first-order valence-electron chi connectivity index (χ1n) is 14.4. The summed E-state index contributed by atoms with van der Waals surface area (Å²) >= 11 is 0. The minimum Gasteiger partial charge on any atom is -0.310 e. The van der Waals surface area contributed by atoms with Crippen LogP contribution in [0.4, 0.5) is 17.1 Å². The van der Waals surface area contributed by atoms with Gasteiger partial charge >= 0.3 is 0 Å². The Bertz CT molecular complexity index is 2130. The topological polar surface area (TPSA) is 8.17 Å². The summed E-state index contributed by atoms with van der Waals surface area (Å²) in [6, 6.07) is 60.9. The fraction of sp³-hybridized carbons (Fsp3) is 0. The molecular weight excluding hydrogens is 508 g/mol. The fourth-order valence-corrected chi connectivity index (χ4v) is 6.28. The summed E-state index contributed by atoms with van der Waals surface area (Å²) in [5.41, 5.74) is 9.39. The normalized spacial score (nSPS) is 11.3. The van der Waals surface area contributed by atoms with Crippen molar-refractivity contribution in [2.45, 2.75) is 0 Å². The standard InChI is InChI=1S/C40H28N2/c1-5-15-29(16-6-1)30-25-26-37-36(27-30)39-38(41(32-18-7-2-8-19-32)33-20-9-3-10-21-33)28-31-17-13-14-24-35(31)40(39)42(37)34-22-11-4-12-23-34/h1-28H. The Hall–Kier alpha value is -5.60. The Kier molecular flexibility index (Phi) is 5.82. The highest BCUT2D eigenvalue weighted by Crippen LogP contribution is 2.47. The number of anilines is 3. The van der Waals surface area contributed by atoms with Crippen LogP contribution in [0.15, 0.2) is 170 Å². The van der Waals surface area contributed by atoms with E-state index >= 15 is 0 Å². The number of para-hydroxylation sites is 3. The molecule has 0 saturated heterocycles. The molecule has 0 spiro atoms. The minimum absolute atomic E-state index is 1.13. The van der Waals surface area contributed by atoms with Crippen molar-refractivity contribution in [3.05, 3.63) is 170 Å². The Morgan fingerprint density at radius 3 is 1.67 bits per heavy atom. The van der Waals surface area contributed by atoms with Crippen molar-refractivity contribution >= 4 is 49.6 Å². The molecule has 0 unspecified atom stereocenters. The van der Waals surface area contributed by atoms with E-state index in [1.54, 1.807) is 0 Å². The monoisotopic (exact) mass is 536 g/mol. The van der Waals surface area contributed by atoms with E-state index in [0.29, 0.717) is 0 Å². The molecule has 0 atom stereocenters. The van der Waals surface area contributed by atoms with E-state index in [-0.39, 0.29) is 0 Å². The molecule has 0 aliphatic carbocycles. The molecular formula is C40H28N2. The average molecular weight is 537 g/mol. The van der Waals surface area contributed by atoms with Gasteiger partial charge in [0.1, 0.15) is 0 Å². The van der Waals surface area contributed by atoms with Gasteiger partial charge in [-0.2, -0.15) is 0 Å². The van der Waals surface area contributed by atoms with Crippen LogP contribution in [0.5, 0.6) is 0 Å². The summed E-state index contributed by atoms with van der Waals surface area (Å²) in [7, 11) is 0. The van der Waals surface area contributed by atoms with Gasteiger partial charge in [-0.15, -0.1) is 0 Å². The Labute approximate surface area is 245 Å². The summed E-state index contributed by atoms with van der Waals surface area (Å²) in [5.74, 6) is 0. The lowest BCUT2D eigenvalue weighted by atomic mass is 9.99. The molecule has 42 heavy (non-hydrogen) atoms. The maximum atomic E-state index is 2.44. The van der Waals surface area contributed by atoms with Gasteiger partial charge in [0.05, 0.1) is 16.7 Å². The highest BCUT2D eigenvalue weighted by molar-refractivity contribution is 6.25. The van der Waals surface area contributed by atoms with Gasteiger partial charge in [-0.3, -0.25) is 0 Å². The molecule has 2 nitrogen and oxygen atoms in total.